The molecule has 1 aromatic heterocycles. The van der Waals surface area contributed by atoms with Gasteiger partial charge >= 0.3 is 5.69 Å². The lowest BCUT2D eigenvalue weighted by Crippen LogP contribution is -2.06. The number of nitro benzene ring substituents is 1. The molecule has 19 heavy (non-hydrogen) atoms. The lowest BCUT2D eigenvalue weighted by atomic mass is 10.2. The van der Waals surface area contributed by atoms with Crippen molar-refractivity contribution in [1.82, 2.24) is 9.78 Å². The molecule has 2 rings (SSSR count). The number of nitrogens with one attached hydrogen (secondary N) is 1. The maximum absolute atomic E-state index is 13.7. The van der Waals surface area contributed by atoms with Crippen LogP contribution in [0.2, 0.25) is 0 Å². The number of aryl methyl sites for hydroxylation is 1. The highest BCUT2D eigenvalue weighted by atomic mass is 127. The van der Waals surface area contributed by atoms with Crippen LogP contribution in [-0.2, 0) is 13.6 Å². The van der Waals surface area contributed by atoms with E-state index < -0.39 is 16.4 Å². The second-order valence-corrected chi connectivity index (χ2v) is 5.01. The summed E-state index contributed by atoms with van der Waals surface area (Å²) in [5, 5.41) is 17.9. The van der Waals surface area contributed by atoms with Gasteiger partial charge in [-0.15, -0.1) is 0 Å². The number of nitro groups is 1. The summed E-state index contributed by atoms with van der Waals surface area (Å²) in [6.07, 6.45) is 1.76. The standard InChI is InChI=1S/C11H10FIN4O2/c1-16-5-4-7(15-16)6-14-9-3-2-8(13)10(12)11(9)17(18)19/h2-5,14H,6H2,1H3. The first-order valence-electron chi connectivity index (χ1n) is 5.34. The van der Waals surface area contributed by atoms with E-state index in [0.717, 1.165) is 5.69 Å². The van der Waals surface area contributed by atoms with Gasteiger partial charge in [-0.05, 0) is 40.8 Å². The van der Waals surface area contributed by atoms with E-state index >= 15 is 0 Å². The first-order valence-corrected chi connectivity index (χ1v) is 6.41. The average Bonchev–Trinajstić information content (AvgIpc) is 2.76. The van der Waals surface area contributed by atoms with E-state index in [1.54, 1.807) is 46.6 Å². The third-order valence-corrected chi connectivity index (χ3v) is 3.31. The first kappa shape index (κ1) is 13.7. The number of aromatic nitrogens is 2. The maximum atomic E-state index is 13.7. The summed E-state index contributed by atoms with van der Waals surface area (Å²) in [5.41, 5.74) is 0.326. The van der Waals surface area contributed by atoms with Crippen molar-refractivity contribution in [3.63, 3.8) is 0 Å². The molecule has 0 saturated heterocycles. The molecule has 8 heteroatoms. The molecule has 6 nitrogen and oxygen atoms in total. The van der Waals surface area contributed by atoms with Crippen LogP contribution in [0, 0.1) is 19.5 Å². The Hall–Kier alpha value is -1.71. The fourth-order valence-corrected chi connectivity index (χ4v) is 2.04. The molecule has 1 N–H and O–H groups in total. The largest absolute Gasteiger partial charge is 0.374 e. The number of anilines is 1. The number of benzene rings is 1. The Balaban J connectivity index is 2.25. The molecular formula is C11H10FIN4O2. The van der Waals surface area contributed by atoms with Crippen LogP contribution in [0.3, 0.4) is 0 Å². The van der Waals surface area contributed by atoms with E-state index in [4.69, 9.17) is 0 Å². The van der Waals surface area contributed by atoms with Crippen molar-refractivity contribution in [1.29, 1.82) is 0 Å². The van der Waals surface area contributed by atoms with Gasteiger partial charge in [-0.3, -0.25) is 14.8 Å². The predicted octanol–water partition coefficient (Wildman–Crippen LogP) is 2.68. The minimum atomic E-state index is -0.823. The van der Waals surface area contributed by atoms with Gasteiger partial charge in [0.1, 0.15) is 5.69 Å². The quantitative estimate of drug-likeness (QED) is 0.506. The molecule has 0 atom stereocenters. The van der Waals surface area contributed by atoms with Crippen LogP contribution >= 0.6 is 22.6 Å². The zero-order valence-electron chi connectivity index (χ0n) is 9.93. The van der Waals surface area contributed by atoms with Crippen molar-refractivity contribution >= 4 is 34.0 Å². The van der Waals surface area contributed by atoms with Gasteiger partial charge in [0.2, 0.25) is 5.82 Å². The van der Waals surface area contributed by atoms with Gasteiger partial charge in [0.15, 0.2) is 0 Å². The van der Waals surface area contributed by atoms with Gasteiger partial charge in [-0.2, -0.15) is 9.49 Å². The Bertz CT molecular complexity index is 629. The normalized spacial score (nSPS) is 10.5. The van der Waals surface area contributed by atoms with E-state index in [1.165, 1.54) is 12.1 Å². The Labute approximate surface area is 121 Å². The Kier molecular flexibility index (Phi) is 3.98. The molecule has 0 spiro atoms. The molecule has 0 aliphatic heterocycles. The van der Waals surface area contributed by atoms with Crippen LogP contribution < -0.4 is 5.32 Å². The lowest BCUT2D eigenvalue weighted by Gasteiger charge is -2.07. The fourth-order valence-electron chi connectivity index (χ4n) is 1.60. The second kappa shape index (κ2) is 5.51. The molecular weight excluding hydrogens is 366 g/mol. The first-order chi connectivity index (χ1) is 8.99. The molecule has 0 bridgehead atoms. The Morgan fingerprint density at radius 2 is 2.26 bits per heavy atom. The van der Waals surface area contributed by atoms with Crippen LogP contribution in [0.1, 0.15) is 5.69 Å². The summed E-state index contributed by atoms with van der Waals surface area (Å²) >= 11 is 1.72. The van der Waals surface area contributed by atoms with Gasteiger partial charge in [-0.25, -0.2) is 0 Å². The Morgan fingerprint density at radius 1 is 1.53 bits per heavy atom. The zero-order chi connectivity index (χ0) is 14.0. The smallest absolute Gasteiger partial charge is 0.328 e. The molecule has 0 amide bonds. The molecule has 1 aromatic carbocycles. The molecule has 0 saturated carbocycles. The van der Waals surface area contributed by atoms with E-state index in [0.29, 0.717) is 6.54 Å². The van der Waals surface area contributed by atoms with E-state index in [-0.39, 0.29) is 9.26 Å². The van der Waals surface area contributed by atoms with Gasteiger partial charge in [-0.1, -0.05) is 0 Å². The van der Waals surface area contributed by atoms with Crippen molar-refractivity contribution in [2.24, 2.45) is 7.05 Å². The van der Waals surface area contributed by atoms with E-state index in [2.05, 4.69) is 10.4 Å². The number of hydrogen-bond acceptors (Lipinski definition) is 4. The van der Waals surface area contributed by atoms with Crippen LogP contribution in [0.25, 0.3) is 0 Å². The van der Waals surface area contributed by atoms with Gasteiger partial charge in [0.05, 0.1) is 20.7 Å². The molecule has 0 aliphatic carbocycles. The molecule has 1 heterocycles. The number of hydrogen-bond donors (Lipinski definition) is 1. The molecule has 2 aromatic rings. The zero-order valence-corrected chi connectivity index (χ0v) is 12.1. The van der Waals surface area contributed by atoms with E-state index in [9.17, 15) is 14.5 Å². The number of nitrogens with zero attached hydrogens (tertiary/aromatic N) is 3. The maximum Gasteiger partial charge on any atom is 0.328 e. The van der Waals surface area contributed by atoms with Crippen molar-refractivity contribution < 1.29 is 9.31 Å². The highest BCUT2D eigenvalue weighted by Gasteiger charge is 2.22. The summed E-state index contributed by atoms with van der Waals surface area (Å²) in [5.74, 6) is -0.823. The predicted molar refractivity (Wildman–Crippen MR) is 76.3 cm³/mol. The third-order valence-electron chi connectivity index (χ3n) is 2.48. The summed E-state index contributed by atoms with van der Waals surface area (Å²) in [6, 6.07) is 4.76. The van der Waals surface area contributed by atoms with Crippen molar-refractivity contribution in [3.05, 3.63) is 49.6 Å². The van der Waals surface area contributed by atoms with Crippen molar-refractivity contribution in [2.45, 2.75) is 6.54 Å². The highest BCUT2D eigenvalue weighted by molar-refractivity contribution is 14.1. The van der Waals surface area contributed by atoms with Gasteiger partial charge < -0.3 is 5.32 Å². The number of halogens is 2. The van der Waals surface area contributed by atoms with Crippen LogP contribution in [0.4, 0.5) is 15.8 Å². The molecule has 0 fully saturated rings. The average molecular weight is 376 g/mol. The van der Waals surface area contributed by atoms with Crippen LogP contribution in [0.15, 0.2) is 24.4 Å². The SMILES string of the molecule is Cn1ccc(CNc2ccc(I)c(F)c2[N+](=O)[O-])n1. The number of rotatable bonds is 4. The lowest BCUT2D eigenvalue weighted by molar-refractivity contribution is -0.386. The molecule has 100 valence electrons. The van der Waals surface area contributed by atoms with Gasteiger partial charge in [0.25, 0.3) is 0 Å². The Morgan fingerprint density at radius 3 is 2.84 bits per heavy atom. The molecule has 0 radical (unpaired) electrons. The fraction of sp³-hybridized carbons (Fsp3) is 0.182. The van der Waals surface area contributed by atoms with E-state index in [1.807, 2.05) is 0 Å². The monoisotopic (exact) mass is 376 g/mol. The summed E-state index contributed by atoms with van der Waals surface area (Å²) in [7, 11) is 1.77. The molecule has 0 unspecified atom stereocenters. The summed E-state index contributed by atoms with van der Waals surface area (Å²) < 4.78 is 15.6. The van der Waals surface area contributed by atoms with Gasteiger partial charge in [0, 0.05) is 13.2 Å². The van der Waals surface area contributed by atoms with Crippen molar-refractivity contribution in [3.8, 4) is 0 Å². The summed E-state index contributed by atoms with van der Waals surface area (Å²) in [6.45, 7) is 0.293. The topological polar surface area (TPSA) is 73.0 Å². The minimum absolute atomic E-state index is 0.147. The second-order valence-electron chi connectivity index (χ2n) is 3.85. The van der Waals surface area contributed by atoms with Crippen LogP contribution in [-0.4, -0.2) is 14.7 Å². The highest BCUT2D eigenvalue weighted by Crippen LogP contribution is 2.30. The molecule has 0 aliphatic rings. The van der Waals surface area contributed by atoms with Crippen LogP contribution in [0.5, 0.6) is 0 Å². The third kappa shape index (κ3) is 3.00. The summed E-state index contributed by atoms with van der Waals surface area (Å²) in [4.78, 5) is 10.2. The van der Waals surface area contributed by atoms with Crippen molar-refractivity contribution in [2.75, 3.05) is 5.32 Å². The minimum Gasteiger partial charge on any atom is -0.374 e.